The molecule has 0 saturated carbocycles. The van der Waals surface area contributed by atoms with Gasteiger partial charge in [-0.15, -0.1) is 0 Å². The summed E-state index contributed by atoms with van der Waals surface area (Å²) < 4.78 is 5.20. The van der Waals surface area contributed by atoms with E-state index in [0.717, 1.165) is 5.69 Å². The van der Waals surface area contributed by atoms with Crippen LogP contribution in [0.2, 0.25) is 5.02 Å². The molecule has 0 aliphatic carbocycles. The number of ether oxygens (including phenoxy) is 1. The first-order chi connectivity index (χ1) is 12.5. The van der Waals surface area contributed by atoms with Gasteiger partial charge in [0.15, 0.2) is 0 Å². The van der Waals surface area contributed by atoms with E-state index in [-0.39, 0.29) is 18.4 Å². The highest BCUT2D eigenvalue weighted by atomic mass is 35.5. The average Bonchev–Trinajstić information content (AvgIpc) is 2.61. The van der Waals surface area contributed by atoms with Gasteiger partial charge in [0.1, 0.15) is 5.75 Å². The smallest absolute Gasteiger partial charge is 0.238 e. The third-order valence-corrected chi connectivity index (χ3v) is 3.86. The van der Waals surface area contributed by atoms with Crippen molar-refractivity contribution in [3.05, 3.63) is 53.6 Å². The fraction of sp³-hybridized carbons (Fsp3) is 0.263. The van der Waals surface area contributed by atoms with Gasteiger partial charge in [-0.25, -0.2) is 0 Å². The highest BCUT2D eigenvalue weighted by Gasteiger charge is 2.12. The van der Waals surface area contributed by atoms with E-state index in [4.69, 9.17) is 16.3 Å². The SMILES string of the molecule is COc1ccc(Cl)cc1NC(=O)CN(C)CCC(=O)Nc1ccccc1. The topological polar surface area (TPSA) is 70.7 Å². The number of hydrogen-bond acceptors (Lipinski definition) is 4. The van der Waals surface area contributed by atoms with Crippen LogP contribution in [0.1, 0.15) is 6.42 Å². The van der Waals surface area contributed by atoms with Crippen LogP contribution in [0.15, 0.2) is 48.5 Å². The summed E-state index contributed by atoms with van der Waals surface area (Å²) in [6, 6.07) is 14.3. The molecule has 138 valence electrons. The van der Waals surface area contributed by atoms with Gasteiger partial charge >= 0.3 is 0 Å². The fourth-order valence-electron chi connectivity index (χ4n) is 2.33. The molecule has 0 radical (unpaired) electrons. The number of benzene rings is 2. The summed E-state index contributed by atoms with van der Waals surface area (Å²) in [5, 5.41) is 6.09. The average molecular weight is 376 g/mol. The Morgan fingerprint density at radius 2 is 1.81 bits per heavy atom. The van der Waals surface area contributed by atoms with Crippen LogP contribution in [0.3, 0.4) is 0 Å². The zero-order valence-corrected chi connectivity index (χ0v) is 15.5. The number of amides is 2. The Bertz CT molecular complexity index is 753. The monoisotopic (exact) mass is 375 g/mol. The molecule has 6 nitrogen and oxygen atoms in total. The van der Waals surface area contributed by atoms with E-state index in [9.17, 15) is 9.59 Å². The largest absolute Gasteiger partial charge is 0.495 e. The highest BCUT2D eigenvalue weighted by Crippen LogP contribution is 2.27. The van der Waals surface area contributed by atoms with Crippen molar-refractivity contribution >= 4 is 34.8 Å². The lowest BCUT2D eigenvalue weighted by atomic mass is 10.3. The van der Waals surface area contributed by atoms with Crippen LogP contribution in [0.5, 0.6) is 5.75 Å². The highest BCUT2D eigenvalue weighted by molar-refractivity contribution is 6.31. The van der Waals surface area contributed by atoms with Crippen molar-refractivity contribution in [1.82, 2.24) is 4.90 Å². The van der Waals surface area contributed by atoms with E-state index >= 15 is 0 Å². The van der Waals surface area contributed by atoms with Crippen LogP contribution < -0.4 is 15.4 Å². The first kappa shape index (κ1) is 19.8. The normalized spacial score (nSPS) is 10.5. The summed E-state index contributed by atoms with van der Waals surface area (Å²) in [5.74, 6) is 0.226. The number of carbonyl (C=O) groups excluding carboxylic acids is 2. The maximum atomic E-state index is 12.2. The second-order valence-electron chi connectivity index (χ2n) is 5.79. The fourth-order valence-corrected chi connectivity index (χ4v) is 2.50. The summed E-state index contributed by atoms with van der Waals surface area (Å²) in [5.41, 5.74) is 1.27. The lowest BCUT2D eigenvalue weighted by molar-refractivity contribution is -0.119. The molecule has 2 amide bonds. The molecule has 0 aliphatic heterocycles. The number of para-hydroxylation sites is 1. The van der Waals surface area contributed by atoms with Crippen molar-refractivity contribution in [2.75, 3.05) is 37.9 Å². The van der Waals surface area contributed by atoms with Crippen LogP contribution >= 0.6 is 11.6 Å². The van der Waals surface area contributed by atoms with E-state index in [1.807, 2.05) is 30.3 Å². The minimum atomic E-state index is -0.212. The van der Waals surface area contributed by atoms with E-state index in [1.165, 1.54) is 7.11 Å². The third-order valence-electron chi connectivity index (χ3n) is 3.63. The number of nitrogens with one attached hydrogen (secondary N) is 2. The number of carbonyl (C=O) groups is 2. The number of methoxy groups -OCH3 is 1. The van der Waals surface area contributed by atoms with E-state index < -0.39 is 0 Å². The van der Waals surface area contributed by atoms with Gasteiger partial charge in [-0.3, -0.25) is 14.5 Å². The Balaban J connectivity index is 1.78. The number of nitrogens with zero attached hydrogens (tertiary/aromatic N) is 1. The molecule has 2 rings (SSSR count). The molecule has 0 aromatic heterocycles. The minimum Gasteiger partial charge on any atom is -0.495 e. The molecule has 0 fully saturated rings. The van der Waals surface area contributed by atoms with Gasteiger partial charge in [0, 0.05) is 23.7 Å². The zero-order chi connectivity index (χ0) is 18.9. The van der Waals surface area contributed by atoms with Crippen molar-refractivity contribution in [3.8, 4) is 5.75 Å². The standard InChI is InChI=1S/C19H22ClN3O3/c1-23(11-10-18(24)21-15-6-4-3-5-7-15)13-19(25)22-16-12-14(20)8-9-17(16)26-2/h3-9,12H,10-11,13H2,1-2H3,(H,21,24)(H,22,25). The number of hydrogen-bond donors (Lipinski definition) is 2. The predicted octanol–water partition coefficient (Wildman–Crippen LogP) is 3.25. The predicted molar refractivity (Wildman–Crippen MR) is 104 cm³/mol. The second-order valence-corrected chi connectivity index (χ2v) is 6.23. The van der Waals surface area contributed by atoms with Gasteiger partial charge in [-0.2, -0.15) is 0 Å². The van der Waals surface area contributed by atoms with Gasteiger partial charge in [0.25, 0.3) is 0 Å². The molecule has 2 aromatic carbocycles. The molecule has 0 bridgehead atoms. The molecular formula is C19H22ClN3O3. The Morgan fingerprint density at radius 3 is 2.50 bits per heavy atom. The molecule has 26 heavy (non-hydrogen) atoms. The molecular weight excluding hydrogens is 354 g/mol. The van der Waals surface area contributed by atoms with Crippen molar-refractivity contribution in [1.29, 1.82) is 0 Å². The lowest BCUT2D eigenvalue weighted by Gasteiger charge is -2.17. The van der Waals surface area contributed by atoms with Gasteiger partial charge in [0.05, 0.1) is 19.3 Å². The van der Waals surface area contributed by atoms with Gasteiger partial charge in [-0.05, 0) is 37.4 Å². The van der Waals surface area contributed by atoms with Crippen LogP contribution in [0.25, 0.3) is 0 Å². The second kappa shape index (κ2) is 9.79. The molecule has 0 spiro atoms. The lowest BCUT2D eigenvalue weighted by Crippen LogP contribution is -2.32. The van der Waals surface area contributed by atoms with Crippen molar-refractivity contribution < 1.29 is 14.3 Å². The molecule has 0 unspecified atom stereocenters. The number of anilines is 2. The Hall–Kier alpha value is -2.57. The summed E-state index contributed by atoms with van der Waals surface area (Å²) >= 11 is 5.95. The Morgan fingerprint density at radius 1 is 1.08 bits per heavy atom. The van der Waals surface area contributed by atoms with Crippen LogP contribution in [-0.4, -0.2) is 44.0 Å². The Kier molecular flexibility index (Phi) is 7.44. The third kappa shape index (κ3) is 6.38. The number of rotatable bonds is 8. The number of likely N-dealkylation sites (N-methyl/N-ethyl adjacent to an activating group) is 1. The van der Waals surface area contributed by atoms with Crippen LogP contribution in [0.4, 0.5) is 11.4 Å². The summed E-state index contributed by atoms with van der Waals surface area (Å²) in [6.45, 7) is 0.604. The first-order valence-corrected chi connectivity index (χ1v) is 8.52. The molecule has 0 aliphatic rings. The Labute approximate surface area is 158 Å². The molecule has 2 N–H and O–H groups in total. The molecule has 0 heterocycles. The molecule has 2 aromatic rings. The zero-order valence-electron chi connectivity index (χ0n) is 14.8. The first-order valence-electron chi connectivity index (χ1n) is 8.15. The molecule has 0 saturated heterocycles. The number of halogens is 1. The minimum absolute atomic E-state index is 0.0973. The van der Waals surface area contributed by atoms with Crippen molar-refractivity contribution in [3.63, 3.8) is 0 Å². The van der Waals surface area contributed by atoms with Gasteiger partial charge < -0.3 is 15.4 Å². The summed E-state index contributed by atoms with van der Waals surface area (Å²) in [7, 11) is 3.31. The van der Waals surface area contributed by atoms with Gasteiger partial charge in [-0.1, -0.05) is 29.8 Å². The maximum absolute atomic E-state index is 12.2. The van der Waals surface area contributed by atoms with Gasteiger partial charge in [0.2, 0.25) is 11.8 Å². The van der Waals surface area contributed by atoms with Crippen LogP contribution in [-0.2, 0) is 9.59 Å². The van der Waals surface area contributed by atoms with E-state index in [0.29, 0.717) is 29.4 Å². The van der Waals surface area contributed by atoms with Crippen molar-refractivity contribution in [2.24, 2.45) is 0 Å². The van der Waals surface area contributed by atoms with Crippen molar-refractivity contribution in [2.45, 2.75) is 6.42 Å². The maximum Gasteiger partial charge on any atom is 0.238 e. The quantitative estimate of drug-likeness (QED) is 0.743. The molecule has 0 atom stereocenters. The summed E-state index contributed by atoms with van der Waals surface area (Å²) in [6.07, 6.45) is 0.291. The van der Waals surface area contributed by atoms with E-state index in [1.54, 1.807) is 30.1 Å². The summed E-state index contributed by atoms with van der Waals surface area (Å²) in [4.78, 5) is 25.9. The molecule has 7 heteroatoms. The van der Waals surface area contributed by atoms with Crippen LogP contribution in [0, 0.1) is 0 Å². The van der Waals surface area contributed by atoms with E-state index in [2.05, 4.69) is 10.6 Å².